The first-order chi connectivity index (χ1) is 12.3. The Bertz CT molecular complexity index is 802. The Morgan fingerprint density at radius 2 is 2.12 bits per heavy atom. The first kappa shape index (κ1) is 17.9. The molecule has 0 aromatic heterocycles. The molecule has 4 N–H and O–H groups in total. The van der Waals surface area contributed by atoms with Crippen molar-refractivity contribution in [3.63, 3.8) is 0 Å². The van der Waals surface area contributed by atoms with E-state index in [0.29, 0.717) is 23.2 Å². The van der Waals surface area contributed by atoms with Crippen LogP contribution in [0.25, 0.3) is 5.57 Å². The van der Waals surface area contributed by atoms with E-state index in [1.54, 1.807) is 38.2 Å². The quantitative estimate of drug-likeness (QED) is 0.541. The number of nitrogens with zero attached hydrogens (tertiary/aromatic N) is 1. The van der Waals surface area contributed by atoms with E-state index in [4.69, 9.17) is 0 Å². The van der Waals surface area contributed by atoms with Gasteiger partial charge >= 0.3 is 5.97 Å². The summed E-state index contributed by atoms with van der Waals surface area (Å²) in [5, 5.41) is 24.9. The molecule has 2 heterocycles. The number of hydrogen-bond acceptors (Lipinski definition) is 5. The average Bonchev–Trinajstić information content (AvgIpc) is 2.94. The van der Waals surface area contributed by atoms with Gasteiger partial charge in [-0.1, -0.05) is 12.1 Å². The zero-order valence-electron chi connectivity index (χ0n) is 14.5. The molecule has 0 bridgehead atoms. The zero-order valence-corrected chi connectivity index (χ0v) is 14.5. The number of aliphatic carboxylic acids is 1. The van der Waals surface area contributed by atoms with Crippen molar-refractivity contribution in [2.45, 2.75) is 25.5 Å². The van der Waals surface area contributed by atoms with Gasteiger partial charge in [-0.25, -0.2) is 4.79 Å². The third-order valence-electron chi connectivity index (χ3n) is 4.87. The second kappa shape index (κ2) is 6.80. The molecule has 1 aromatic carbocycles. The van der Waals surface area contributed by atoms with Crippen molar-refractivity contribution >= 4 is 29.0 Å². The zero-order chi connectivity index (χ0) is 19.0. The standard InChI is InChI=1S/C18H21N3O5/c1-9(22)15-13-7-12(16(18(25)26)21(13)17(15)24)10-4-3-5-11(6-10)20-8-14(23)19-2/h3-6,9,13,15,20,22H,7-8H2,1-2H3,(H,19,23)(H,25,26)/t9-,13-,15-/m1/s1. The number of hydrogen-bond donors (Lipinski definition) is 4. The fourth-order valence-electron chi connectivity index (χ4n) is 3.61. The minimum absolute atomic E-state index is 0.0275. The Balaban J connectivity index is 1.90. The molecule has 3 atom stereocenters. The van der Waals surface area contributed by atoms with E-state index in [1.807, 2.05) is 0 Å². The van der Waals surface area contributed by atoms with Crippen molar-refractivity contribution < 1.29 is 24.6 Å². The molecule has 3 rings (SSSR count). The van der Waals surface area contributed by atoms with Crippen molar-refractivity contribution in [2.75, 3.05) is 18.9 Å². The number of anilines is 1. The molecule has 2 aliphatic rings. The van der Waals surface area contributed by atoms with Crippen LogP contribution in [0.1, 0.15) is 18.9 Å². The Hall–Kier alpha value is -2.87. The maximum Gasteiger partial charge on any atom is 0.352 e. The first-order valence-electron chi connectivity index (χ1n) is 8.37. The minimum atomic E-state index is -1.16. The monoisotopic (exact) mass is 359 g/mol. The lowest BCUT2D eigenvalue weighted by Crippen LogP contribution is -2.61. The fourth-order valence-corrected chi connectivity index (χ4v) is 3.61. The molecule has 0 aliphatic carbocycles. The number of carbonyl (C=O) groups excluding carboxylic acids is 2. The van der Waals surface area contributed by atoms with Crippen LogP contribution in [-0.4, -0.2) is 58.6 Å². The normalized spacial score (nSPS) is 22.6. The summed E-state index contributed by atoms with van der Waals surface area (Å²) in [6.07, 6.45) is -0.444. The van der Waals surface area contributed by atoms with Crippen molar-refractivity contribution in [3.8, 4) is 0 Å². The SMILES string of the molecule is CNC(=O)CNc1cccc(C2=C(C(=O)O)N3C(=O)[C@H]([C@@H](C)O)[C@H]3C2)c1. The van der Waals surface area contributed by atoms with E-state index in [-0.39, 0.29) is 30.1 Å². The van der Waals surface area contributed by atoms with E-state index in [9.17, 15) is 24.6 Å². The Kier molecular flexibility index (Phi) is 4.69. The lowest BCUT2D eigenvalue weighted by molar-refractivity contribution is -0.161. The maximum atomic E-state index is 12.3. The predicted octanol–water partition coefficient (Wildman–Crippen LogP) is 0.252. The van der Waals surface area contributed by atoms with Crippen LogP contribution in [-0.2, 0) is 14.4 Å². The van der Waals surface area contributed by atoms with Gasteiger partial charge in [-0.15, -0.1) is 0 Å². The number of β-lactam (4-membered cyclic amide) rings is 1. The van der Waals surface area contributed by atoms with Crippen LogP contribution >= 0.6 is 0 Å². The van der Waals surface area contributed by atoms with Crippen LogP contribution in [0.5, 0.6) is 0 Å². The first-order valence-corrected chi connectivity index (χ1v) is 8.37. The highest BCUT2D eigenvalue weighted by Crippen LogP contribution is 2.47. The van der Waals surface area contributed by atoms with Crippen LogP contribution < -0.4 is 10.6 Å². The summed E-state index contributed by atoms with van der Waals surface area (Å²) in [4.78, 5) is 36.7. The lowest BCUT2D eigenvalue weighted by atomic mass is 9.82. The number of fused-ring (bicyclic) bond motifs is 1. The van der Waals surface area contributed by atoms with E-state index in [0.717, 1.165) is 0 Å². The number of nitrogens with one attached hydrogen (secondary N) is 2. The number of aliphatic hydroxyl groups excluding tert-OH is 1. The summed E-state index contributed by atoms with van der Waals surface area (Å²) in [6, 6.07) is 6.75. The summed E-state index contributed by atoms with van der Waals surface area (Å²) in [7, 11) is 1.54. The Morgan fingerprint density at radius 3 is 2.73 bits per heavy atom. The van der Waals surface area contributed by atoms with Crippen molar-refractivity contribution in [2.24, 2.45) is 5.92 Å². The fraction of sp³-hybridized carbons (Fsp3) is 0.389. The van der Waals surface area contributed by atoms with E-state index in [1.165, 1.54) is 4.90 Å². The molecule has 2 amide bonds. The van der Waals surface area contributed by atoms with Gasteiger partial charge in [-0.2, -0.15) is 0 Å². The molecule has 0 radical (unpaired) electrons. The second-order valence-electron chi connectivity index (χ2n) is 6.49. The number of amides is 2. The molecule has 1 saturated heterocycles. The van der Waals surface area contributed by atoms with Gasteiger partial charge < -0.3 is 25.7 Å². The summed E-state index contributed by atoms with van der Waals surface area (Å²) in [5.41, 5.74) is 1.88. The molecule has 1 aromatic rings. The van der Waals surface area contributed by atoms with E-state index < -0.39 is 18.0 Å². The molecule has 2 aliphatic heterocycles. The van der Waals surface area contributed by atoms with Gasteiger partial charge in [0.25, 0.3) is 0 Å². The molecule has 26 heavy (non-hydrogen) atoms. The topological polar surface area (TPSA) is 119 Å². The van der Waals surface area contributed by atoms with Gasteiger partial charge in [-0.3, -0.25) is 9.59 Å². The number of carbonyl (C=O) groups is 3. The Morgan fingerprint density at radius 1 is 1.38 bits per heavy atom. The molecule has 8 heteroatoms. The molecule has 0 spiro atoms. The lowest BCUT2D eigenvalue weighted by Gasteiger charge is -2.44. The minimum Gasteiger partial charge on any atom is -0.477 e. The molecule has 0 saturated carbocycles. The molecule has 138 valence electrons. The predicted molar refractivity (Wildman–Crippen MR) is 94.0 cm³/mol. The van der Waals surface area contributed by atoms with Crippen LogP contribution in [0, 0.1) is 5.92 Å². The van der Waals surface area contributed by atoms with E-state index in [2.05, 4.69) is 10.6 Å². The summed E-state index contributed by atoms with van der Waals surface area (Å²) in [6.45, 7) is 1.64. The van der Waals surface area contributed by atoms with Crippen molar-refractivity contribution in [1.82, 2.24) is 10.2 Å². The number of carboxylic acids is 1. The smallest absolute Gasteiger partial charge is 0.352 e. The van der Waals surface area contributed by atoms with Crippen LogP contribution in [0.15, 0.2) is 30.0 Å². The van der Waals surface area contributed by atoms with Crippen LogP contribution in [0.2, 0.25) is 0 Å². The maximum absolute atomic E-state index is 12.3. The molecular weight excluding hydrogens is 338 g/mol. The number of benzene rings is 1. The summed E-state index contributed by atoms with van der Waals surface area (Å²) in [5.74, 6) is -2.26. The number of rotatable bonds is 6. The van der Waals surface area contributed by atoms with Gasteiger partial charge in [0.15, 0.2) is 0 Å². The van der Waals surface area contributed by atoms with Crippen LogP contribution in [0.3, 0.4) is 0 Å². The molecule has 8 nitrogen and oxygen atoms in total. The van der Waals surface area contributed by atoms with Gasteiger partial charge in [0.1, 0.15) is 5.70 Å². The highest BCUT2D eigenvalue weighted by atomic mass is 16.4. The summed E-state index contributed by atoms with van der Waals surface area (Å²) < 4.78 is 0. The summed E-state index contributed by atoms with van der Waals surface area (Å²) >= 11 is 0. The highest BCUT2D eigenvalue weighted by molar-refractivity contribution is 6.06. The van der Waals surface area contributed by atoms with Crippen molar-refractivity contribution in [3.05, 3.63) is 35.5 Å². The van der Waals surface area contributed by atoms with Gasteiger partial charge in [0.2, 0.25) is 11.8 Å². The largest absolute Gasteiger partial charge is 0.477 e. The van der Waals surface area contributed by atoms with Gasteiger partial charge in [0.05, 0.1) is 24.6 Å². The Labute approximate surface area is 150 Å². The highest BCUT2D eigenvalue weighted by Gasteiger charge is 2.56. The number of aliphatic hydroxyl groups is 1. The van der Waals surface area contributed by atoms with E-state index >= 15 is 0 Å². The molecular formula is C18H21N3O5. The van der Waals surface area contributed by atoms with Crippen LogP contribution in [0.4, 0.5) is 5.69 Å². The third-order valence-corrected chi connectivity index (χ3v) is 4.87. The van der Waals surface area contributed by atoms with Gasteiger partial charge in [-0.05, 0) is 36.6 Å². The number of carboxylic acid groups (broad SMARTS) is 1. The second-order valence-corrected chi connectivity index (χ2v) is 6.49. The number of likely N-dealkylation sites (N-methyl/N-ethyl adjacent to an activating group) is 1. The van der Waals surface area contributed by atoms with Gasteiger partial charge in [0, 0.05) is 12.7 Å². The average molecular weight is 359 g/mol. The molecule has 1 fully saturated rings. The molecule has 0 unspecified atom stereocenters. The van der Waals surface area contributed by atoms with Crippen molar-refractivity contribution in [1.29, 1.82) is 0 Å². The third kappa shape index (κ3) is 2.92.